The Hall–Kier alpha value is -3.67. The molecule has 0 bridgehead atoms. The van der Waals surface area contributed by atoms with E-state index in [1.165, 1.54) is 0 Å². The van der Waals surface area contributed by atoms with Gasteiger partial charge in [0, 0.05) is 28.2 Å². The van der Waals surface area contributed by atoms with Crippen molar-refractivity contribution < 1.29 is 18.7 Å². The highest BCUT2D eigenvalue weighted by Gasteiger charge is 2.21. The molecule has 6 nitrogen and oxygen atoms in total. The van der Waals surface area contributed by atoms with Gasteiger partial charge in [-0.2, -0.15) is 0 Å². The summed E-state index contributed by atoms with van der Waals surface area (Å²) in [5.41, 5.74) is 2.17. The first-order valence-corrected chi connectivity index (χ1v) is 8.43. The van der Waals surface area contributed by atoms with Crippen molar-refractivity contribution in [1.29, 1.82) is 0 Å². The normalized spacial score (nSPS) is 10.9. The number of ketones is 1. The summed E-state index contributed by atoms with van der Waals surface area (Å²) < 4.78 is 10.7. The lowest BCUT2D eigenvalue weighted by Gasteiger charge is -2.02. The number of nitrogens with one attached hydrogen (secondary N) is 1. The first-order chi connectivity index (χ1) is 13.1. The lowest BCUT2D eigenvalue weighted by molar-refractivity contribution is 0.0468. The van der Waals surface area contributed by atoms with E-state index in [1.807, 2.05) is 54.6 Å². The van der Waals surface area contributed by atoms with Crippen molar-refractivity contribution >= 4 is 22.7 Å². The number of hydrogen-bond donors (Lipinski definition) is 1. The van der Waals surface area contributed by atoms with E-state index in [1.54, 1.807) is 13.1 Å². The molecule has 0 amide bonds. The third kappa shape index (κ3) is 3.25. The fourth-order valence-corrected chi connectivity index (χ4v) is 2.87. The molecule has 0 saturated heterocycles. The molecule has 4 aromatic rings. The third-order valence-electron chi connectivity index (χ3n) is 4.23. The maximum atomic E-state index is 12.4. The number of H-pyrrole nitrogens is 1. The number of para-hydroxylation sites is 1. The van der Waals surface area contributed by atoms with Crippen LogP contribution >= 0.6 is 0 Å². The van der Waals surface area contributed by atoms with Crippen LogP contribution < -0.4 is 0 Å². The highest BCUT2D eigenvalue weighted by atomic mass is 16.5. The van der Waals surface area contributed by atoms with E-state index < -0.39 is 5.97 Å². The molecule has 0 unspecified atom stereocenters. The van der Waals surface area contributed by atoms with Gasteiger partial charge in [0.1, 0.15) is 5.76 Å². The first-order valence-electron chi connectivity index (χ1n) is 8.43. The van der Waals surface area contributed by atoms with Gasteiger partial charge in [-0.05, 0) is 25.1 Å². The molecule has 0 atom stereocenters. The van der Waals surface area contributed by atoms with Crippen LogP contribution in [0.15, 0.2) is 65.2 Å². The molecule has 0 radical (unpaired) electrons. The molecule has 2 aromatic heterocycles. The van der Waals surface area contributed by atoms with Gasteiger partial charge in [0.25, 0.3) is 0 Å². The van der Waals surface area contributed by atoms with E-state index >= 15 is 0 Å². The summed E-state index contributed by atoms with van der Waals surface area (Å²) in [7, 11) is 0. The number of aromatic amines is 1. The van der Waals surface area contributed by atoms with Crippen molar-refractivity contribution in [3.05, 3.63) is 77.8 Å². The van der Waals surface area contributed by atoms with Crippen LogP contribution in [0.1, 0.15) is 26.6 Å². The number of carbonyl (C=O) groups is 2. The number of oxazole rings is 1. The topological polar surface area (TPSA) is 85.2 Å². The van der Waals surface area contributed by atoms with Gasteiger partial charge in [-0.1, -0.05) is 36.4 Å². The molecule has 2 heterocycles. The second-order valence-corrected chi connectivity index (χ2v) is 6.04. The fraction of sp³-hybridized carbons (Fsp3) is 0.0952. The Balaban J connectivity index is 1.48. The van der Waals surface area contributed by atoms with E-state index in [0.29, 0.717) is 17.2 Å². The van der Waals surface area contributed by atoms with Crippen LogP contribution in [-0.4, -0.2) is 28.3 Å². The number of hydrogen-bond acceptors (Lipinski definition) is 5. The number of fused-ring (bicyclic) bond motifs is 1. The average Bonchev–Trinajstić information content (AvgIpc) is 3.30. The number of nitrogens with zero attached hydrogens (tertiary/aromatic N) is 1. The number of aryl methyl sites for hydroxylation is 1. The lowest BCUT2D eigenvalue weighted by Crippen LogP contribution is -2.15. The number of rotatable bonds is 5. The molecule has 0 aliphatic carbocycles. The maximum absolute atomic E-state index is 12.4. The second-order valence-electron chi connectivity index (χ2n) is 6.04. The SMILES string of the molecule is Cc1oc(-c2ccccc2)nc1C(=O)OCC(=O)c1c[nH]c2ccccc12. The van der Waals surface area contributed by atoms with E-state index in [-0.39, 0.29) is 18.1 Å². The summed E-state index contributed by atoms with van der Waals surface area (Å²) in [5.74, 6) is -0.293. The maximum Gasteiger partial charge on any atom is 0.361 e. The first kappa shape index (κ1) is 16.8. The van der Waals surface area contributed by atoms with E-state index in [4.69, 9.17) is 9.15 Å². The number of ether oxygens (including phenoxy) is 1. The molecule has 0 saturated carbocycles. The summed E-state index contributed by atoms with van der Waals surface area (Å²) in [5, 5.41) is 0.794. The molecule has 2 aromatic carbocycles. The third-order valence-corrected chi connectivity index (χ3v) is 4.23. The fourth-order valence-electron chi connectivity index (χ4n) is 2.87. The molecular weight excluding hydrogens is 344 g/mol. The molecule has 134 valence electrons. The van der Waals surface area contributed by atoms with Crippen LogP contribution in [0.25, 0.3) is 22.4 Å². The summed E-state index contributed by atoms with van der Waals surface area (Å²) in [6.45, 7) is 1.27. The van der Waals surface area contributed by atoms with Crippen LogP contribution in [0.4, 0.5) is 0 Å². The van der Waals surface area contributed by atoms with Crippen molar-refractivity contribution in [3.63, 3.8) is 0 Å². The highest BCUT2D eigenvalue weighted by Crippen LogP contribution is 2.22. The van der Waals surface area contributed by atoms with Gasteiger partial charge in [-0.25, -0.2) is 9.78 Å². The molecule has 27 heavy (non-hydrogen) atoms. The van der Waals surface area contributed by atoms with Crippen LogP contribution in [0.2, 0.25) is 0 Å². The highest BCUT2D eigenvalue weighted by molar-refractivity contribution is 6.09. The molecule has 1 N–H and O–H groups in total. The van der Waals surface area contributed by atoms with E-state index in [2.05, 4.69) is 9.97 Å². The zero-order valence-electron chi connectivity index (χ0n) is 14.6. The Bertz CT molecular complexity index is 1130. The van der Waals surface area contributed by atoms with Gasteiger partial charge in [-0.3, -0.25) is 4.79 Å². The summed E-state index contributed by atoms with van der Waals surface area (Å²) in [6, 6.07) is 16.7. The largest absolute Gasteiger partial charge is 0.452 e. The van der Waals surface area contributed by atoms with Crippen molar-refractivity contribution in [2.24, 2.45) is 0 Å². The molecule has 0 fully saturated rings. The zero-order chi connectivity index (χ0) is 18.8. The van der Waals surface area contributed by atoms with Gasteiger partial charge in [0.2, 0.25) is 11.7 Å². The Morgan fingerprint density at radius 2 is 1.81 bits per heavy atom. The Morgan fingerprint density at radius 1 is 1.07 bits per heavy atom. The quantitative estimate of drug-likeness (QED) is 0.426. The summed E-state index contributed by atoms with van der Waals surface area (Å²) in [4.78, 5) is 32.0. The number of aromatic nitrogens is 2. The Labute approximate surface area is 154 Å². The van der Waals surface area contributed by atoms with E-state index in [9.17, 15) is 9.59 Å². The van der Waals surface area contributed by atoms with Crippen LogP contribution in [-0.2, 0) is 4.74 Å². The number of benzene rings is 2. The minimum absolute atomic E-state index is 0.0700. The van der Waals surface area contributed by atoms with Gasteiger partial charge in [-0.15, -0.1) is 0 Å². The monoisotopic (exact) mass is 360 g/mol. The molecule has 0 aliphatic heterocycles. The molecule has 0 aliphatic rings. The molecular formula is C21H16N2O4. The predicted octanol–water partition coefficient (Wildman–Crippen LogP) is 4.17. The minimum Gasteiger partial charge on any atom is -0.452 e. The zero-order valence-corrected chi connectivity index (χ0v) is 14.6. The van der Waals surface area contributed by atoms with Crippen molar-refractivity contribution in [3.8, 4) is 11.5 Å². The molecule has 6 heteroatoms. The minimum atomic E-state index is -0.688. The predicted molar refractivity (Wildman–Crippen MR) is 99.6 cm³/mol. The number of carbonyl (C=O) groups excluding carboxylic acids is 2. The number of esters is 1. The standard InChI is InChI=1S/C21H16N2O4/c1-13-19(23-20(27-13)14-7-3-2-4-8-14)21(25)26-12-18(24)16-11-22-17-10-6-5-9-15(16)17/h2-11,22H,12H2,1H3. The van der Waals surface area contributed by atoms with Gasteiger partial charge in [0.05, 0.1) is 0 Å². The molecule has 0 spiro atoms. The van der Waals surface area contributed by atoms with Crippen molar-refractivity contribution in [1.82, 2.24) is 9.97 Å². The van der Waals surface area contributed by atoms with Gasteiger partial charge >= 0.3 is 5.97 Å². The van der Waals surface area contributed by atoms with Gasteiger partial charge in [0.15, 0.2) is 12.3 Å². The smallest absolute Gasteiger partial charge is 0.361 e. The number of Topliss-reactive ketones (excluding diaryl/α,β-unsaturated/α-hetero) is 1. The Kier molecular flexibility index (Phi) is 4.30. The van der Waals surface area contributed by atoms with Crippen LogP contribution in [0.5, 0.6) is 0 Å². The van der Waals surface area contributed by atoms with Crippen LogP contribution in [0.3, 0.4) is 0 Å². The molecule has 4 rings (SSSR count). The second kappa shape index (κ2) is 6.92. The van der Waals surface area contributed by atoms with Gasteiger partial charge < -0.3 is 14.1 Å². The van der Waals surface area contributed by atoms with Crippen molar-refractivity contribution in [2.75, 3.05) is 6.61 Å². The Morgan fingerprint density at radius 3 is 2.63 bits per heavy atom. The summed E-state index contributed by atoms with van der Waals surface area (Å²) in [6.07, 6.45) is 1.62. The van der Waals surface area contributed by atoms with Crippen LogP contribution in [0, 0.1) is 6.92 Å². The van der Waals surface area contributed by atoms with E-state index in [0.717, 1.165) is 16.5 Å². The summed E-state index contributed by atoms with van der Waals surface area (Å²) >= 11 is 0. The average molecular weight is 360 g/mol. The van der Waals surface area contributed by atoms with Crippen molar-refractivity contribution in [2.45, 2.75) is 6.92 Å². The lowest BCUT2D eigenvalue weighted by atomic mass is 10.1.